The lowest BCUT2D eigenvalue weighted by molar-refractivity contribution is -0.142. The lowest BCUT2D eigenvalue weighted by atomic mass is 9.98. The Morgan fingerprint density at radius 2 is 2.20 bits per heavy atom. The molecule has 1 aliphatic heterocycles. The number of aliphatic carboxylic acids is 1. The number of rotatable bonds is 3. The van der Waals surface area contributed by atoms with E-state index in [1.165, 1.54) is 6.07 Å². The van der Waals surface area contributed by atoms with E-state index in [1.54, 1.807) is 4.90 Å². The van der Waals surface area contributed by atoms with Crippen LogP contribution in [0.3, 0.4) is 0 Å². The number of carboxylic acids is 1. The van der Waals surface area contributed by atoms with Crippen LogP contribution in [-0.2, 0) is 11.2 Å². The number of carboxylic acid groups (broad SMARTS) is 1. The summed E-state index contributed by atoms with van der Waals surface area (Å²) in [4.78, 5) is 20.2. The highest BCUT2D eigenvalue weighted by atomic mass is 19.4. The molecule has 110 valence electrons. The Bertz CT molecular complexity index is 493. The molecule has 1 aromatic rings. The van der Waals surface area contributed by atoms with Gasteiger partial charge in [-0.3, -0.25) is 4.79 Å². The minimum Gasteiger partial charge on any atom is -0.481 e. The normalized spacial score (nSPS) is 19.9. The van der Waals surface area contributed by atoms with E-state index in [0.29, 0.717) is 25.2 Å². The second kappa shape index (κ2) is 5.64. The number of halogens is 3. The van der Waals surface area contributed by atoms with Crippen molar-refractivity contribution in [2.75, 3.05) is 18.0 Å². The molecule has 2 heterocycles. The fourth-order valence-electron chi connectivity index (χ4n) is 2.25. The minimum atomic E-state index is -4.32. The molecule has 5 nitrogen and oxygen atoms in total. The molecule has 1 N–H and O–H groups in total. The molecule has 1 atom stereocenters. The Morgan fingerprint density at radius 1 is 1.45 bits per heavy atom. The van der Waals surface area contributed by atoms with Crippen LogP contribution < -0.4 is 4.90 Å². The van der Waals surface area contributed by atoms with Gasteiger partial charge in [-0.2, -0.15) is 13.2 Å². The van der Waals surface area contributed by atoms with Gasteiger partial charge in [-0.1, -0.05) is 0 Å². The van der Waals surface area contributed by atoms with Gasteiger partial charge in [0.25, 0.3) is 0 Å². The highest BCUT2D eigenvalue weighted by molar-refractivity contribution is 5.71. The quantitative estimate of drug-likeness (QED) is 0.920. The van der Waals surface area contributed by atoms with Crippen LogP contribution in [0.15, 0.2) is 12.4 Å². The number of nitrogens with zero attached hydrogens (tertiary/aromatic N) is 3. The van der Waals surface area contributed by atoms with Crippen molar-refractivity contribution in [3.05, 3.63) is 18.1 Å². The van der Waals surface area contributed by atoms with Gasteiger partial charge < -0.3 is 10.0 Å². The zero-order valence-corrected chi connectivity index (χ0v) is 10.6. The van der Waals surface area contributed by atoms with Gasteiger partial charge in [-0.15, -0.1) is 0 Å². The largest absolute Gasteiger partial charge is 0.481 e. The summed E-state index contributed by atoms with van der Waals surface area (Å²) >= 11 is 0. The molecule has 0 aromatic carbocycles. The Hall–Kier alpha value is -1.86. The third kappa shape index (κ3) is 3.82. The first-order chi connectivity index (χ1) is 9.35. The lowest BCUT2D eigenvalue weighted by Gasteiger charge is -2.31. The first-order valence-corrected chi connectivity index (χ1v) is 6.20. The van der Waals surface area contributed by atoms with Crippen molar-refractivity contribution in [2.45, 2.75) is 25.4 Å². The van der Waals surface area contributed by atoms with Gasteiger partial charge in [0.15, 0.2) is 0 Å². The molecule has 0 radical (unpaired) electrons. The standard InChI is InChI=1S/C12H14F3N3O2/c13-12(14,15)5-9-4-10(17-7-16-9)18-3-1-2-8(6-18)11(19)20/h4,7-8H,1-3,5-6H2,(H,19,20). The number of alkyl halides is 3. The lowest BCUT2D eigenvalue weighted by Crippen LogP contribution is -2.39. The van der Waals surface area contributed by atoms with Gasteiger partial charge in [0.05, 0.1) is 18.0 Å². The third-order valence-corrected chi connectivity index (χ3v) is 3.19. The van der Waals surface area contributed by atoms with E-state index in [0.717, 1.165) is 6.33 Å². The van der Waals surface area contributed by atoms with E-state index in [1.807, 2.05) is 0 Å². The average Bonchev–Trinajstić information content (AvgIpc) is 2.37. The van der Waals surface area contributed by atoms with Crippen molar-refractivity contribution in [3.8, 4) is 0 Å². The van der Waals surface area contributed by atoms with Crippen molar-refractivity contribution < 1.29 is 23.1 Å². The number of hydrogen-bond donors (Lipinski definition) is 1. The van der Waals surface area contributed by atoms with Crippen LogP contribution in [0.25, 0.3) is 0 Å². The van der Waals surface area contributed by atoms with Crippen LogP contribution in [0, 0.1) is 5.92 Å². The van der Waals surface area contributed by atoms with E-state index < -0.39 is 24.5 Å². The highest BCUT2D eigenvalue weighted by Crippen LogP contribution is 2.24. The molecule has 1 aliphatic rings. The number of anilines is 1. The van der Waals surface area contributed by atoms with Crippen LogP contribution in [0.5, 0.6) is 0 Å². The molecule has 1 saturated heterocycles. The number of piperidine rings is 1. The van der Waals surface area contributed by atoms with Crippen LogP contribution in [0.2, 0.25) is 0 Å². The molecular weight excluding hydrogens is 275 g/mol. The van der Waals surface area contributed by atoms with E-state index in [4.69, 9.17) is 5.11 Å². The average molecular weight is 289 g/mol. The maximum Gasteiger partial charge on any atom is 0.394 e. The van der Waals surface area contributed by atoms with Crippen LogP contribution in [-0.4, -0.2) is 40.3 Å². The number of hydrogen-bond acceptors (Lipinski definition) is 4. The summed E-state index contributed by atoms with van der Waals surface area (Å²) in [5, 5.41) is 9.00. The third-order valence-electron chi connectivity index (χ3n) is 3.19. The van der Waals surface area contributed by atoms with Crippen LogP contribution >= 0.6 is 0 Å². The zero-order chi connectivity index (χ0) is 14.8. The van der Waals surface area contributed by atoms with Crippen molar-refractivity contribution >= 4 is 11.8 Å². The minimum absolute atomic E-state index is 0.111. The van der Waals surface area contributed by atoms with Crippen LogP contribution in [0.1, 0.15) is 18.5 Å². The summed E-state index contributed by atoms with van der Waals surface area (Å²) in [5.74, 6) is -1.05. The molecule has 0 aliphatic carbocycles. The molecule has 1 unspecified atom stereocenters. The fraction of sp³-hybridized carbons (Fsp3) is 0.583. The second-order valence-corrected chi connectivity index (χ2v) is 4.78. The first-order valence-electron chi connectivity index (χ1n) is 6.20. The number of carbonyl (C=O) groups is 1. The maximum atomic E-state index is 12.3. The van der Waals surface area contributed by atoms with Crippen molar-refractivity contribution in [3.63, 3.8) is 0 Å². The summed E-state index contributed by atoms with van der Waals surface area (Å²) in [7, 11) is 0. The fourth-order valence-corrected chi connectivity index (χ4v) is 2.25. The predicted octanol–water partition coefficient (Wildman–Crippen LogP) is 1.88. The monoisotopic (exact) mass is 289 g/mol. The van der Waals surface area contributed by atoms with Crippen molar-refractivity contribution in [2.24, 2.45) is 5.92 Å². The molecule has 1 fully saturated rings. The van der Waals surface area contributed by atoms with Gasteiger partial charge >= 0.3 is 12.1 Å². The van der Waals surface area contributed by atoms with E-state index in [2.05, 4.69) is 9.97 Å². The highest BCUT2D eigenvalue weighted by Gasteiger charge is 2.30. The van der Waals surface area contributed by atoms with Gasteiger partial charge in [-0.25, -0.2) is 9.97 Å². The molecule has 0 spiro atoms. The molecule has 2 rings (SSSR count). The molecular formula is C12H14F3N3O2. The Morgan fingerprint density at radius 3 is 2.85 bits per heavy atom. The van der Waals surface area contributed by atoms with E-state index in [9.17, 15) is 18.0 Å². The smallest absolute Gasteiger partial charge is 0.394 e. The van der Waals surface area contributed by atoms with Gasteiger partial charge in [0, 0.05) is 19.2 Å². The molecule has 0 amide bonds. The topological polar surface area (TPSA) is 66.3 Å². The Kier molecular flexibility index (Phi) is 4.10. The predicted molar refractivity (Wildman–Crippen MR) is 64.4 cm³/mol. The second-order valence-electron chi connectivity index (χ2n) is 4.78. The molecule has 0 bridgehead atoms. The first kappa shape index (κ1) is 14.5. The molecule has 20 heavy (non-hydrogen) atoms. The molecule has 8 heteroatoms. The summed E-state index contributed by atoms with van der Waals surface area (Å²) < 4.78 is 37.0. The summed E-state index contributed by atoms with van der Waals surface area (Å²) in [6.45, 7) is 0.851. The summed E-state index contributed by atoms with van der Waals surface area (Å²) in [6, 6.07) is 1.28. The number of aromatic nitrogens is 2. The van der Waals surface area contributed by atoms with Gasteiger partial charge in [-0.05, 0) is 12.8 Å². The summed E-state index contributed by atoms with van der Waals surface area (Å²) in [6.07, 6.45) is -3.10. The maximum absolute atomic E-state index is 12.3. The molecule has 1 aromatic heterocycles. The Balaban J connectivity index is 2.12. The summed E-state index contributed by atoms with van der Waals surface area (Å²) in [5.41, 5.74) is -0.111. The van der Waals surface area contributed by atoms with E-state index >= 15 is 0 Å². The van der Waals surface area contributed by atoms with Gasteiger partial charge in [0.2, 0.25) is 0 Å². The van der Waals surface area contributed by atoms with Crippen molar-refractivity contribution in [1.29, 1.82) is 0 Å². The van der Waals surface area contributed by atoms with Gasteiger partial charge in [0.1, 0.15) is 12.1 Å². The SMILES string of the molecule is O=C(O)C1CCCN(c2cc(CC(F)(F)F)ncn2)C1. The van der Waals surface area contributed by atoms with E-state index in [-0.39, 0.29) is 12.2 Å². The van der Waals surface area contributed by atoms with Crippen molar-refractivity contribution in [1.82, 2.24) is 9.97 Å². The van der Waals surface area contributed by atoms with Crippen LogP contribution in [0.4, 0.5) is 19.0 Å². The molecule has 0 saturated carbocycles. The zero-order valence-electron chi connectivity index (χ0n) is 10.6. The Labute approximate surface area is 113 Å².